The summed E-state index contributed by atoms with van der Waals surface area (Å²) in [5.41, 5.74) is 1.09. The third kappa shape index (κ3) is 5.68. The molecule has 0 spiro atoms. The van der Waals surface area contributed by atoms with Crippen molar-refractivity contribution in [3.63, 3.8) is 0 Å². The number of alkyl halides is 2. The topological polar surface area (TPSA) is 57.5 Å². The average Bonchev–Trinajstić information content (AvgIpc) is 3.28. The second kappa shape index (κ2) is 10.1. The van der Waals surface area contributed by atoms with Crippen LogP contribution in [-0.4, -0.2) is 41.7 Å². The predicted octanol–water partition coefficient (Wildman–Crippen LogP) is 3.49. The summed E-state index contributed by atoms with van der Waals surface area (Å²) in [6, 6.07) is 7.97. The molecule has 0 amide bonds. The van der Waals surface area contributed by atoms with Gasteiger partial charge in [0.2, 0.25) is 0 Å². The largest absolute Gasteiger partial charge is 0.369 e. The van der Waals surface area contributed by atoms with Crippen LogP contribution in [0.3, 0.4) is 0 Å². The lowest BCUT2D eigenvalue weighted by Gasteiger charge is -2.20. The molecule has 1 aromatic heterocycles. The van der Waals surface area contributed by atoms with Crippen LogP contribution in [0, 0.1) is 0 Å². The Bertz CT molecular complexity index is 769. The first-order chi connectivity index (χ1) is 12.6. The number of imidazole rings is 1. The zero-order valence-corrected chi connectivity index (χ0v) is 17.9. The van der Waals surface area contributed by atoms with Crippen LogP contribution in [0.1, 0.15) is 18.8 Å². The molecule has 1 aromatic carbocycles. The summed E-state index contributed by atoms with van der Waals surface area (Å²) >= 11 is 6.06. The molecular formula is C17H22ClF2IN6. The van der Waals surface area contributed by atoms with E-state index >= 15 is 0 Å². The fourth-order valence-electron chi connectivity index (χ4n) is 2.99. The molecule has 1 saturated heterocycles. The zero-order chi connectivity index (χ0) is 18.5. The number of rotatable bonds is 5. The van der Waals surface area contributed by atoms with E-state index in [-0.39, 0.29) is 42.4 Å². The SMILES string of the molecule is CN=C(NCc1nccn1C(F)F)NC1CCN(c2cccc(Cl)c2)C1.I. The smallest absolute Gasteiger partial charge is 0.319 e. The van der Waals surface area contributed by atoms with Crippen LogP contribution in [0.2, 0.25) is 5.02 Å². The molecule has 27 heavy (non-hydrogen) atoms. The summed E-state index contributed by atoms with van der Waals surface area (Å²) in [6.45, 7) is -0.718. The third-order valence-electron chi connectivity index (χ3n) is 4.30. The van der Waals surface area contributed by atoms with Crippen LogP contribution in [-0.2, 0) is 6.54 Å². The number of benzene rings is 1. The molecule has 2 heterocycles. The molecule has 1 fully saturated rings. The highest BCUT2D eigenvalue weighted by Gasteiger charge is 2.23. The second-order valence-corrected chi connectivity index (χ2v) is 6.45. The van der Waals surface area contributed by atoms with Crippen molar-refractivity contribution in [3.05, 3.63) is 47.5 Å². The predicted molar refractivity (Wildman–Crippen MR) is 114 cm³/mol. The maximum atomic E-state index is 12.9. The van der Waals surface area contributed by atoms with Gasteiger partial charge in [-0.1, -0.05) is 17.7 Å². The van der Waals surface area contributed by atoms with Gasteiger partial charge in [-0.05, 0) is 24.6 Å². The van der Waals surface area contributed by atoms with E-state index in [4.69, 9.17) is 11.6 Å². The monoisotopic (exact) mass is 510 g/mol. The van der Waals surface area contributed by atoms with Crippen molar-refractivity contribution in [2.24, 2.45) is 4.99 Å². The first-order valence-corrected chi connectivity index (χ1v) is 8.72. The summed E-state index contributed by atoms with van der Waals surface area (Å²) in [5, 5.41) is 7.08. The van der Waals surface area contributed by atoms with Gasteiger partial charge in [0.05, 0.1) is 6.54 Å². The van der Waals surface area contributed by atoms with E-state index in [0.717, 1.165) is 29.8 Å². The van der Waals surface area contributed by atoms with Gasteiger partial charge in [-0.15, -0.1) is 24.0 Å². The molecule has 1 unspecified atom stereocenters. The Morgan fingerprint density at radius 3 is 2.96 bits per heavy atom. The molecule has 0 bridgehead atoms. The number of nitrogens with one attached hydrogen (secondary N) is 2. The van der Waals surface area contributed by atoms with Crippen molar-refractivity contribution in [1.82, 2.24) is 20.2 Å². The van der Waals surface area contributed by atoms with Crippen molar-refractivity contribution in [2.45, 2.75) is 25.6 Å². The minimum Gasteiger partial charge on any atom is -0.369 e. The van der Waals surface area contributed by atoms with Crippen LogP contribution >= 0.6 is 35.6 Å². The molecule has 1 aliphatic heterocycles. The molecule has 1 atom stereocenters. The number of halogens is 4. The summed E-state index contributed by atoms with van der Waals surface area (Å²) in [7, 11) is 1.65. The van der Waals surface area contributed by atoms with Crippen molar-refractivity contribution >= 4 is 47.2 Å². The third-order valence-corrected chi connectivity index (χ3v) is 4.53. The highest BCUT2D eigenvalue weighted by atomic mass is 127. The Hall–Kier alpha value is -1.62. The van der Waals surface area contributed by atoms with Crippen LogP contribution in [0.15, 0.2) is 41.7 Å². The van der Waals surface area contributed by atoms with Crippen molar-refractivity contribution in [1.29, 1.82) is 0 Å². The lowest BCUT2D eigenvalue weighted by Crippen LogP contribution is -2.44. The van der Waals surface area contributed by atoms with E-state index < -0.39 is 6.55 Å². The van der Waals surface area contributed by atoms with Crippen molar-refractivity contribution in [2.75, 3.05) is 25.0 Å². The second-order valence-electron chi connectivity index (χ2n) is 6.01. The number of aromatic nitrogens is 2. The first kappa shape index (κ1) is 21.7. The van der Waals surface area contributed by atoms with Gasteiger partial charge >= 0.3 is 6.55 Å². The Morgan fingerprint density at radius 1 is 1.44 bits per heavy atom. The lowest BCUT2D eigenvalue weighted by atomic mass is 10.3. The summed E-state index contributed by atoms with van der Waals surface area (Å²) < 4.78 is 26.6. The van der Waals surface area contributed by atoms with Crippen molar-refractivity contribution < 1.29 is 8.78 Å². The van der Waals surface area contributed by atoms with Crippen LogP contribution in [0.5, 0.6) is 0 Å². The summed E-state index contributed by atoms with van der Waals surface area (Å²) in [4.78, 5) is 10.4. The van der Waals surface area contributed by atoms with Gasteiger partial charge in [-0.25, -0.2) is 4.98 Å². The van der Waals surface area contributed by atoms with E-state index in [1.54, 1.807) is 7.05 Å². The first-order valence-electron chi connectivity index (χ1n) is 8.34. The van der Waals surface area contributed by atoms with Gasteiger partial charge in [0.1, 0.15) is 5.82 Å². The normalized spacial score (nSPS) is 17.1. The molecule has 0 radical (unpaired) electrons. The number of guanidine groups is 1. The number of nitrogens with zero attached hydrogens (tertiary/aromatic N) is 4. The molecule has 0 saturated carbocycles. The highest BCUT2D eigenvalue weighted by molar-refractivity contribution is 14.0. The van der Waals surface area contributed by atoms with E-state index in [1.165, 1.54) is 12.4 Å². The number of aliphatic imine (C=N–C) groups is 1. The van der Waals surface area contributed by atoms with Gasteiger partial charge in [-0.2, -0.15) is 8.78 Å². The standard InChI is InChI=1S/C17H21ClF2N6.HI/c1-21-17(23-10-15-22-6-8-26(15)16(19)20)24-13-5-7-25(11-13)14-4-2-3-12(18)9-14;/h2-4,6,8-9,13,16H,5,7,10-11H2,1H3,(H2,21,23,24);1H. The molecule has 3 rings (SSSR count). The van der Waals surface area contributed by atoms with Gasteiger partial charge < -0.3 is 15.5 Å². The Morgan fingerprint density at radius 2 is 2.26 bits per heavy atom. The maximum absolute atomic E-state index is 12.9. The minimum absolute atomic E-state index is 0. The molecule has 1 aliphatic rings. The van der Waals surface area contributed by atoms with Crippen LogP contribution < -0.4 is 15.5 Å². The molecule has 6 nitrogen and oxygen atoms in total. The summed E-state index contributed by atoms with van der Waals surface area (Å²) in [6.07, 6.45) is 3.57. The van der Waals surface area contributed by atoms with Gasteiger partial charge in [0, 0.05) is 49.3 Å². The fourth-order valence-corrected chi connectivity index (χ4v) is 3.18. The quantitative estimate of drug-likeness (QED) is 0.367. The Balaban J connectivity index is 0.00000261. The summed E-state index contributed by atoms with van der Waals surface area (Å²) in [5.74, 6) is 0.821. The maximum Gasteiger partial charge on any atom is 0.319 e. The Labute approximate surface area is 179 Å². The molecule has 10 heteroatoms. The molecule has 2 N–H and O–H groups in total. The van der Waals surface area contributed by atoms with Gasteiger partial charge in [0.15, 0.2) is 5.96 Å². The van der Waals surface area contributed by atoms with Crippen LogP contribution in [0.4, 0.5) is 14.5 Å². The number of hydrogen-bond acceptors (Lipinski definition) is 3. The van der Waals surface area contributed by atoms with Crippen LogP contribution in [0.25, 0.3) is 0 Å². The zero-order valence-electron chi connectivity index (χ0n) is 14.8. The van der Waals surface area contributed by atoms with E-state index in [1.807, 2.05) is 24.3 Å². The fraction of sp³-hybridized carbons (Fsp3) is 0.412. The van der Waals surface area contributed by atoms with Gasteiger partial charge in [0.25, 0.3) is 0 Å². The van der Waals surface area contributed by atoms with E-state index in [0.29, 0.717) is 11.0 Å². The number of hydrogen-bond donors (Lipinski definition) is 2. The minimum atomic E-state index is -2.61. The molecule has 2 aromatic rings. The molecular weight excluding hydrogens is 489 g/mol. The van der Waals surface area contributed by atoms with Crippen molar-refractivity contribution in [3.8, 4) is 0 Å². The van der Waals surface area contributed by atoms with E-state index in [2.05, 4.69) is 25.5 Å². The van der Waals surface area contributed by atoms with E-state index in [9.17, 15) is 8.78 Å². The van der Waals surface area contributed by atoms with Gasteiger partial charge in [-0.3, -0.25) is 9.56 Å². The Kier molecular flexibility index (Phi) is 8.08. The average molecular weight is 511 g/mol. The lowest BCUT2D eigenvalue weighted by molar-refractivity contribution is 0.0668. The molecule has 0 aliphatic carbocycles. The number of anilines is 1. The molecule has 148 valence electrons. The highest BCUT2D eigenvalue weighted by Crippen LogP contribution is 2.23.